The molecule has 0 bridgehead atoms. The van der Waals surface area contributed by atoms with Gasteiger partial charge in [0.2, 0.25) is 0 Å². The minimum Gasteiger partial charge on any atom is -0.508 e. The third-order valence-electron chi connectivity index (χ3n) is 3.69. The predicted octanol–water partition coefficient (Wildman–Crippen LogP) is 3.64. The van der Waals surface area contributed by atoms with Gasteiger partial charge in [-0.15, -0.1) is 0 Å². The van der Waals surface area contributed by atoms with Crippen molar-refractivity contribution in [3.8, 4) is 17.2 Å². The highest BCUT2D eigenvalue weighted by Crippen LogP contribution is 2.33. The minimum atomic E-state index is -0.322. The summed E-state index contributed by atoms with van der Waals surface area (Å²) in [5.41, 5.74) is 1.39. The molecule has 0 unspecified atom stereocenters. The molecule has 0 saturated carbocycles. The molecule has 0 atom stereocenters. The van der Waals surface area contributed by atoms with Crippen molar-refractivity contribution in [1.29, 1.82) is 0 Å². The number of methoxy groups -OCH3 is 2. The Morgan fingerprint density at radius 2 is 2.00 bits per heavy atom. The number of carbonyl (C=O) groups excluding carboxylic acids is 1. The van der Waals surface area contributed by atoms with Crippen LogP contribution in [0.5, 0.6) is 17.2 Å². The van der Waals surface area contributed by atoms with Crippen LogP contribution < -0.4 is 9.47 Å². The predicted molar refractivity (Wildman–Crippen MR) is 110 cm³/mol. The third-order valence-corrected chi connectivity index (χ3v) is 4.98. The summed E-state index contributed by atoms with van der Waals surface area (Å²) in [6, 6.07) is 11.9. The minimum absolute atomic E-state index is 0.129. The Labute approximate surface area is 166 Å². The van der Waals surface area contributed by atoms with Gasteiger partial charge in [-0.25, -0.2) is 0 Å². The number of nitrogens with zero attached hydrogens (tertiary/aromatic N) is 2. The highest BCUT2D eigenvalue weighted by Gasteiger charge is 2.32. The molecule has 27 heavy (non-hydrogen) atoms. The van der Waals surface area contributed by atoms with E-state index in [2.05, 4.69) is 5.10 Å². The lowest BCUT2D eigenvalue weighted by molar-refractivity contribution is -0.122. The molecule has 1 fully saturated rings. The van der Waals surface area contributed by atoms with Crippen LogP contribution in [0.25, 0.3) is 6.08 Å². The summed E-state index contributed by atoms with van der Waals surface area (Å²) >= 11 is 6.42. The van der Waals surface area contributed by atoms with Crippen molar-refractivity contribution in [3.05, 3.63) is 58.5 Å². The van der Waals surface area contributed by atoms with Crippen LogP contribution in [-0.4, -0.2) is 40.8 Å². The summed E-state index contributed by atoms with van der Waals surface area (Å²) in [6.45, 7) is 0. The van der Waals surface area contributed by atoms with E-state index in [1.54, 1.807) is 62.8 Å². The maximum absolute atomic E-state index is 12.6. The molecule has 0 aliphatic carbocycles. The van der Waals surface area contributed by atoms with Crippen LogP contribution >= 0.6 is 24.0 Å². The first-order valence-corrected chi connectivity index (χ1v) is 9.07. The first-order chi connectivity index (χ1) is 13.0. The van der Waals surface area contributed by atoms with Gasteiger partial charge in [0.15, 0.2) is 4.32 Å². The van der Waals surface area contributed by atoms with Crippen molar-refractivity contribution in [3.63, 3.8) is 0 Å². The maximum atomic E-state index is 12.6. The van der Waals surface area contributed by atoms with Gasteiger partial charge in [0, 0.05) is 11.6 Å². The summed E-state index contributed by atoms with van der Waals surface area (Å²) in [6.07, 6.45) is 3.18. The molecule has 8 heteroatoms. The number of carbonyl (C=O) groups is 1. The molecule has 2 aromatic carbocycles. The van der Waals surface area contributed by atoms with Crippen molar-refractivity contribution in [2.75, 3.05) is 14.2 Å². The van der Waals surface area contributed by atoms with Crippen LogP contribution in [0.1, 0.15) is 11.1 Å². The van der Waals surface area contributed by atoms with Gasteiger partial charge in [-0.3, -0.25) is 4.79 Å². The van der Waals surface area contributed by atoms with Crippen LogP contribution in [0.15, 0.2) is 52.5 Å². The lowest BCUT2D eigenvalue weighted by atomic mass is 10.2. The van der Waals surface area contributed by atoms with Crippen molar-refractivity contribution >= 4 is 46.5 Å². The molecule has 0 spiro atoms. The maximum Gasteiger partial charge on any atom is 0.286 e. The molecular formula is C19H16N2O4S2. The Morgan fingerprint density at radius 3 is 2.70 bits per heavy atom. The molecule has 1 saturated heterocycles. The highest BCUT2D eigenvalue weighted by molar-refractivity contribution is 8.26. The summed E-state index contributed by atoms with van der Waals surface area (Å²) in [5, 5.41) is 14.9. The third kappa shape index (κ3) is 4.29. The van der Waals surface area contributed by atoms with Crippen molar-refractivity contribution in [1.82, 2.24) is 5.01 Å². The average Bonchev–Trinajstić information content (AvgIpc) is 2.93. The number of amides is 1. The Kier molecular flexibility index (Phi) is 5.78. The quantitative estimate of drug-likeness (QED) is 0.469. The topological polar surface area (TPSA) is 71.4 Å². The smallest absolute Gasteiger partial charge is 0.286 e. The molecule has 138 valence electrons. The van der Waals surface area contributed by atoms with E-state index in [0.29, 0.717) is 31.9 Å². The van der Waals surface area contributed by atoms with E-state index in [4.69, 9.17) is 21.7 Å². The lowest BCUT2D eigenvalue weighted by Crippen LogP contribution is -2.22. The summed E-state index contributed by atoms with van der Waals surface area (Å²) in [4.78, 5) is 13.0. The number of ether oxygens (including phenoxy) is 2. The second kappa shape index (κ2) is 8.24. The zero-order chi connectivity index (χ0) is 19.4. The molecule has 1 aliphatic rings. The van der Waals surface area contributed by atoms with E-state index in [0.717, 1.165) is 16.8 Å². The highest BCUT2D eigenvalue weighted by atomic mass is 32.2. The zero-order valence-electron chi connectivity index (χ0n) is 14.6. The molecule has 0 aromatic heterocycles. The van der Waals surface area contributed by atoms with Crippen LogP contribution in [0.4, 0.5) is 0 Å². The molecule has 6 nitrogen and oxygen atoms in total. The number of benzene rings is 2. The molecule has 0 radical (unpaired) electrons. The van der Waals surface area contributed by atoms with E-state index in [1.807, 2.05) is 0 Å². The molecule has 1 N–H and O–H groups in total. The van der Waals surface area contributed by atoms with Crippen LogP contribution in [0, 0.1) is 0 Å². The Hall–Kier alpha value is -2.84. The number of thioether (sulfide) groups is 1. The van der Waals surface area contributed by atoms with Gasteiger partial charge in [0.05, 0.1) is 25.3 Å². The van der Waals surface area contributed by atoms with Crippen LogP contribution in [0.3, 0.4) is 0 Å². The number of hydrazone groups is 1. The fraction of sp³-hybridized carbons (Fsp3) is 0.105. The van der Waals surface area contributed by atoms with Gasteiger partial charge in [-0.1, -0.05) is 23.9 Å². The van der Waals surface area contributed by atoms with E-state index in [9.17, 15) is 9.90 Å². The number of rotatable bonds is 5. The molecule has 3 rings (SSSR count). The molecule has 1 amide bonds. The second-order valence-corrected chi connectivity index (χ2v) is 7.12. The van der Waals surface area contributed by atoms with Crippen molar-refractivity contribution < 1.29 is 19.4 Å². The lowest BCUT2D eigenvalue weighted by Gasteiger charge is -2.09. The van der Waals surface area contributed by atoms with Crippen molar-refractivity contribution in [2.45, 2.75) is 0 Å². The van der Waals surface area contributed by atoms with Gasteiger partial charge < -0.3 is 14.6 Å². The fourth-order valence-electron chi connectivity index (χ4n) is 2.37. The van der Waals surface area contributed by atoms with Crippen molar-refractivity contribution in [2.24, 2.45) is 5.10 Å². The molecule has 2 aromatic rings. The number of hydrogen-bond donors (Lipinski definition) is 1. The largest absolute Gasteiger partial charge is 0.508 e. The molecular weight excluding hydrogens is 384 g/mol. The SMILES string of the molecule is COc1ccc(/C=N/N2C(=O)/C(=C\c3cccc(O)c3)SC2=S)c(OC)c1. The van der Waals surface area contributed by atoms with Crippen LogP contribution in [-0.2, 0) is 4.79 Å². The van der Waals surface area contributed by atoms with E-state index in [-0.39, 0.29) is 11.7 Å². The molecule has 1 aliphatic heterocycles. The fourth-order valence-corrected chi connectivity index (χ4v) is 3.54. The summed E-state index contributed by atoms with van der Waals surface area (Å²) in [7, 11) is 3.12. The average molecular weight is 400 g/mol. The van der Waals surface area contributed by atoms with Crippen LogP contribution in [0.2, 0.25) is 0 Å². The first kappa shape index (κ1) is 18.9. The second-order valence-electron chi connectivity index (χ2n) is 5.44. The van der Waals surface area contributed by atoms with E-state index < -0.39 is 0 Å². The summed E-state index contributed by atoms with van der Waals surface area (Å²) in [5.74, 6) is 1.03. The normalized spacial score (nSPS) is 15.8. The van der Waals surface area contributed by atoms with Gasteiger partial charge in [-0.05, 0) is 48.1 Å². The van der Waals surface area contributed by atoms with Gasteiger partial charge in [0.1, 0.15) is 17.2 Å². The first-order valence-electron chi connectivity index (χ1n) is 7.85. The van der Waals surface area contributed by atoms with E-state index in [1.165, 1.54) is 6.21 Å². The van der Waals surface area contributed by atoms with Gasteiger partial charge >= 0.3 is 0 Å². The Bertz CT molecular complexity index is 956. The standard InChI is InChI=1S/C19H16N2O4S2/c1-24-15-7-6-13(16(10-15)25-2)11-20-21-18(23)17(27-19(21)26)9-12-4-3-5-14(22)8-12/h3-11,22H,1-2H3/b17-9+,20-11+. The van der Waals surface area contributed by atoms with Gasteiger partial charge in [-0.2, -0.15) is 10.1 Å². The summed E-state index contributed by atoms with van der Waals surface area (Å²) < 4.78 is 10.8. The number of hydrogen-bond acceptors (Lipinski definition) is 7. The zero-order valence-corrected chi connectivity index (χ0v) is 16.2. The Morgan fingerprint density at radius 1 is 1.19 bits per heavy atom. The molecule has 1 heterocycles. The van der Waals surface area contributed by atoms with E-state index >= 15 is 0 Å². The van der Waals surface area contributed by atoms with Gasteiger partial charge in [0.25, 0.3) is 5.91 Å². The number of phenolic OH excluding ortho intramolecular Hbond substituents is 1. The Balaban J connectivity index is 1.83. The number of phenols is 1. The monoisotopic (exact) mass is 400 g/mol. The number of thiocarbonyl (C=S) groups is 1. The number of aromatic hydroxyl groups is 1.